The molecule has 3 aromatic carbocycles. The molecular weight excluding hydrogens is 454 g/mol. The number of amides is 2. The van der Waals surface area contributed by atoms with Gasteiger partial charge < -0.3 is 15.0 Å². The van der Waals surface area contributed by atoms with Gasteiger partial charge in [0, 0.05) is 12.1 Å². The lowest BCUT2D eigenvalue weighted by atomic mass is 10.0. The molecule has 36 heavy (non-hydrogen) atoms. The molecule has 0 bridgehead atoms. The Morgan fingerprint density at radius 1 is 1.00 bits per heavy atom. The van der Waals surface area contributed by atoms with Crippen LogP contribution in [0.4, 0.5) is 0 Å². The first-order chi connectivity index (χ1) is 17.2. The van der Waals surface area contributed by atoms with E-state index in [1.54, 1.807) is 22.8 Å². The average Bonchev–Trinajstić information content (AvgIpc) is 3.26. The quantitative estimate of drug-likeness (QED) is 0.405. The van der Waals surface area contributed by atoms with Crippen molar-refractivity contribution in [2.45, 2.75) is 45.4 Å². The lowest BCUT2D eigenvalue weighted by molar-refractivity contribution is -0.142. The lowest BCUT2D eigenvalue weighted by Gasteiger charge is -2.34. The maximum atomic E-state index is 13.9. The number of carbonyl (C=O) groups is 2. The van der Waals surface area contributed by atoms with Crippen LogP contribution in [0.2, 0.25) is 0 Å². The van der Waals surface area contributed by atoms with Gasteiger partial charge in [0.1, 0.15) is 23.9 Å². The highest BCUT2D eigenvalue weighted by Crippen LogP contribution is 2.28. The first-order valence-corrected chi connectivity index (χ1v) is 11.8. The minimum atomic E-state index is -0.887. The molecule has 0 saturated carbocycles. The smallest absolute Gasteiger partial charge is 0.247 e. The first-order valence-electron chi connectivity index (χ1n) is 11.8. The minimum Gasteiger partial charge on any atom is -0.497 e. The molecule has 8 nitrogen and oxygen atoms in total. The van der Waals surface area contributed by atoms with Crippen molar-refractivity contribution >= 4 is 22.8 Å². The van der Waals surface area contributed by atoms with Gasteiger partial charge in [0.25, 0.3) is 0 Å². The molecule has 1 heterocycles. The summed E-state index contributed by atoms with van der Waals surface area (Å²) in [4.78, 5) is 29.3. The van der Waals surface area contributed by atoms with E-state index >= 15 is 0 Å². The van der Waals surface area contributed by atoms with Crippen molar-refractivity contribution in [1.82, 2.24) is 25.2 Å². The largest absolute Gasteiger partial charge is 0.497 e. The van der Waals surface area contributed by atoms with E-state index in [-0.39, 0.29) is 24.9 Å². The molecule has 1 atom stereocenters. The Morgan fingerprint density at radius 3 is 2.44 bits per heavy atom. The number of nitrogens with zero attached hydrogens (tertiary/aromatic N) is 4. The van der Waals surface area contributed by atoms with Gasteiger partial charge in [-0.3, -0.25) is 9.59 Å². The Kier molecular flexibility index (Phi) is 7.33. The second kappa shape index (κ2) is 10.6. The van der Waals surface area contributed by atoms with Crippen molar-refractivity contribution in [2.75, 3.05) is 7.11 Å². The zero-order valence-corrected chi connectivity index (χ0v) is 21.0. The highest BCUT2D eigenvalue weighted by Gasteiger charge is 2.34. The second-order valence-electron chi connectivity index (χ2n) is 9.66. The van der Waals surface area contributed by atoms with Crippen LogP contribution in [-0.4, -0.2) is 44.4 Å². The summed E-state index contributed by atoms with van der Waals surface area (Å²) in [6.07, 6.45) is 0. The molecule has 186 valence electrons. The third-order valence-electron chi connectivity index (χ3n) is 5.69. The summed E-state index contributed by atoms with van der Waals surface area (Å²) in [7, 11) is 1.58. The number of hydrogen-bond donors (Lipinski definition) is 1. The van der Waals surface area contributed by atoms with E-state index in [9.17, 15) is 9.59 Å². The molecule has 0 spiro atoms. The molecule has 0 saturated heterocycles. The summed E-state index contributed by atoms with van der Waals surface area (Å²) in [5.41, 5.74) is 2.53. The van der Waals surface area contributed by atoms with Crippen LogP contribution in [0.5, 0.6) is 5.75 Å². The lowest BCUT2D eigenvalue weighted by Crippen LogP contribution is -2.49. The SMILES string of the molecule is COc1cccc(C(C(=O)NC(C)(C)C)N(Cc2ccccc2)C(=O)Cn2nnc3ccccc32)c1. The highest BCUT2D eigenvalue weighted by molar-refractivity contribution is 5.89. The van der Waals surface area contributed by atoms with Gasteiger partial charge in [-0.1, -0.05) is 59.8 Å². The van der Waals surface area contributed by atoms with E-state index < -0.39 is 11.6 Å². The van der Waals surface area contributed by atoms with Gasteiger partial charge in [0.05, 0.1) is 12.6 Å². The van der Waals surface area contributed by atoms with Gasteiger partial charge in [0.2, 0.25) is 11.8 Å². The number of methoxy groups -OCH3 is 1. The first kappa shape index (κ1) is 24.9. The fourth-order valence-corrected chi connectivity index (χ4v) is 4.08. The van der Waals surface area contributed by atoms with Crippen LogP contribution in [0.1, 0.15) is 37.9 Å². The minimum absolute atomic E-state index is 0.0589. The molecule has 1 unspecified atom stereocenters. The number of rotatable bonds is 8. The summed E-state index contributed by atoms with van der Waals surface area (Å²) in [5, 5.41) is 11.4. The van der Waals surface area contributed by atoms with Crippen LogP contribution in [-0.2, 0) is 22.7 Å². The molecular formula is C28H31N5O3. The molecule has 2 amide bonds. The monoisotopic (exact) mass is 485 g/mol. The zero-order chi connectivity index (χ0) is 25.7. The standard InChI is InChI=1S/C28H31N5O3/c1-28(2,3)29-27(35)26(21-13-10-14-22(17-21)36-4)32(18-20-11-6-5-7-12-20)25(34)19-33-24-16-9-8-15-23(24)30-31-33/h5-17,26H,18-19H2,1-4H3,(H,29,35). The van der Waals surface area contributed by atoms with Gasteiger partial charge in [-0.25, -0.2) is 4.68 Å². The normalized spacial score (nSPS) is 12.2. The molecule has 0 aliphatic heterocycles. The second-order valence-corrected chi connectivity index (χ2v) is 9.66. The maximum absolute atomic E-state index is 13.9. The van der Waals surface area contributed by atoms with Crippen molar-refractivity contribution in [3.05, 3.63) is 90.0 Å². The summed E-state index contributed by atoms with van der Waals surface area (Å²) >= 11 is 0. The molecule has 8 heteroatoms. The van der Waals surface area contributed by atoms with Crippen LogP contribution in [0.15, 0.2) is 78.9 Å². The van der Waals surface area contributed by atoms with E-state index in [0.29, 0.717) is 16.8 Å². The van der Waals surface area contributed by atoms with Crippen LogP contribution < -0.4 is 10.1 Å². The van der Waals surface area contributed by atoms with Crippen LogP contribution >= 0.6 is 0 Å². The third-order valence-corrected chi connectivity index (χ3v) is 5.69. The summed E-state index contributed by atoms with van der Waals surface area (Å²) in [6.45, 7) is 5.93. The predicted octanol–water partition coefficient (Wildman–Crippen LogP) is 4.12. The van der Waals surface area contributed by atoms with E-state index in [1.807, 2.05) is 93.6 Å². The van der Waals surface area contributed by atoms with Gasteiger partial charge >= 0.3 is 0 Å². The van der Waals surface area contributed by atoms with E-state index in [4.69, 9.17) is 4.74 Å². The molecule has 4 rings (SSSR count). The number of fused-ring (bicyclic) bond motifs is 1. The average molecular weight is 486 g/mol. The summed E-state index contributed by atoms with van der Waals surface area (Å²) < 4.78 is 6.99. The Hall–Kier alpha value is -4.20. The van der Waals surface area contributed by atoms with Crippen molar-refractivity contribution in [2.24, 2.45) is 0 Å². The van der Waals surface area contributed by atoms with E-state index in [0.717, 1.165) is 11.1 Å². The van der Waals surface area contributed by atoms with Crippen molar-refractivity contribution in [3.8, 4) is 5.75 Å². The van der Waals surface area contributed by atoms with Crippen molar-refractivity contribution in [1.29, 1.82) is 0 Å². The van der Waals surface area contributed by atoms with E-state index in [1.165, 1.54) is 0 Å². The molecule has 1 N–H and O–H groups in total. The van der Waals surface area contributed by atoms with Crippen molar-refractivity contribution < 1.29 is 14.3 Å². The van der Waals surface area contributed by atoms with E-state index in [2.05, 4.69) is 15.6 Å². The summed E-state index contributed by atoms with van der Waals surface area (Å²) in [5.74, 6) is 0.0744. The number of nitrogens with one attached hydrogen (secondary N) is 1. The Balaban J connectivity index is 1.77. The van der Waals surface area contributed by atoms with Gasteiger partial charge in [-0.2, -0.15) is 0 Å². The molecule has 0 fully saturated rings. The number of aromatic nitrogens is 3. The van der Waals surface area contributed by atoms with Crippen LogP contribution in [0, 0.1) is 0 Å². The molecule has 0 radical (unpaired) electrons. The highest BCUT2D eigenvalue weighted by atomic mass is 16.5. The summed E-state index contributed by atoms with van der Waals surface area (Å²) in [6, 6.07) is 23.5. The number of hydrogen-bond acceptors (Lipinski definition) is 5. The zero-order valence-electron chi connectivity index (χ0n) is 21.0. The topological polar surface area (TPSA) is 89.4 Å². The van der Waals surface area contributed by atoms with Gasteiger partial charge in [0.15, 0.2) is 0 Å². The third kappa shape index (κ3) is 5.89. The Morgan fingerprint density at radius 2 is 1.72 bits per heavy atom. The predicted molar refractivity (Wildman–Crippen MR) is 138 cm³/mol. The molecule has 4 aromatic rings. The number of para-hydroxylation sites is 1. The van der Waals surface area contributed by atoms with Crippen LogP contribution in [0.25, 0.3) is 11.0 Å². The Bertz CT molecular complexity index is 1340. The fraction of sp³-hybridized carbons (Fsp3) is 0.286. The number of carbonyl (C=O) groups excluding carboxylic acids is 2. The number of benzene rings is 3. The van der Waals surface area contributed by atoms with Gasteiger partial charge in [-0.05, 0) is 56.2 Å². The molecule has 1 aromatic heterocycles. The van der Waals surface area contributed by atoms with Crippen LogP contribution in [0.3, 0.4) is 0 Å². The molecule has 0 aliphatic rings. The van der Waals surface area contributed by atoms with Gasteiger partial charge in [-0.15, -0.1) is 5.10 Å². The maximum Gasteiger partial charge on any atom is 0.247 e. The molecule has 0 aliphatic carbocycles. The Labute approximate surface area is 210 Å². The number of ether oxygens (including phenoxy) is 1. The fourth-order valence-electron chi connectivity index (χ4n) is 4.08. The van der Waals surface area contributed by atoms with Crippen molar-refractivity contribution in [3.63, 3.8) is 0 Å².